The second-order valence-corrected chi connectivity index (χ2v) is 1.94. The predicted molar refractivity (Wildman–Crippen MR) is 41.7 cm³/mol. The Morgan fingerprint density at radius 1 is 1.40 bits per heavy atom. The molecular weight excluding hydrogens is 150 g/mol. The van der Waals surface area contributed by atoms with Gasteiger partial charge in [-0.05, 0) is 12.1 Å². The summed E-state index contributed by atoms with van der Waals surface area (Å²) >= 11 is 5.27. The molecule has 10 heavy (non-hydrogen) atoms. The lowest BCUT2D eigenvalue weighted by molar-refractivity contribution is 0.445. The zero-order valence-corrected chi connectivity index (χ0v) is 6.01. The van der Waals surface area contributed by atoms with Gasteiger partial charge in [0.25, 0.3) is 0 Å². The summed E-state index contributed by atoms with van der Waals surface area (Å²) in [6.07, 6.45) is 0. The van der Waals surface area contributed by atoms with Crippen LogP contribution in [0.2, 0.25) is 0 Å². The molecule has 0 aromatic heterocycles. The standard InChI is InChI=1S/C6H6BClO2/c8-7-10-6-4-2-1-3-5(6)9/h1-4,7,9H. The van der Waals surface area contributed by atoms with E-state index in [0.29, 0.717) is 5.75 Å². The van der Waals surface area contributed by atoms with Crippen LogP contribution in [-0.2, 0) is 0 Å². The van der Waals surface area contributed by atoms with E-state index in [1.807, 2.05) is 0 Å². The molecule has 2 nitrogen and oxygen atoms in total. The largest absolute Gasteiger partial charge is 0.546 e. The summed E-state index contributed by atoms with van der Waals surface area (Å²) < 4.78 is 4.85. The topological polar surface area (TPSA) is 29.5 Å². The Bertz CT molecular complexity index is 217. The Labute approximate surface area is 64.6 Å². The molecule has 1 N–H and O–H groups in total. The molecule has 0 amide bonds. The van der Waals surface area contributed by atoms with E-state index < -0.39 is 0 Å². The van der Waals surface area contributed by atoms with E-state index >= 15 is 0 Å². The van der Waals surface area contributed by atoms with Gasteiger partial charge in [0.05, 0.1) is 0 Å². The zero-order valence-electron chi connectivity index (χ0n) is 5.25. The zero-order chi connectivity index (χ0) is 7.40. The van der Waals surface area contributed by atoms with Gasteiger partial charge in [0.2, 0.25) is 0 Å². The molecule has 4 heteroatoms. The number of aromatic hydroxyl groups is 1. The van der Waals surface area contributed by atoms with Crippen molar-refractivity contribution in [2.24, 2.45) is 0 Å². The minimum Gasteiger partial charge on any atom is -0.546 e. The Kier molecular flexibility index (Phi) is 2.45. The van der Waals surface area contributed by atoms with E-state index in [1.165, 1.54) is 0 Å². The summed E-state index contributed by atoms with van der Waals surface area (Å²) in [6, 6.07) is 6.68. The smallest absolute Gasteiger partial charge is 0.445 e. The summed E-state index contributed by atoms with van der Waals surface area (Å²) in [5.74, 6) is 0.528. The van der Waals surface area contributed by atoms with Crippen molar-refractivity contribution in [2.75, 3.05) is 0 Å². The van der Waals surface area contributed by atoms with Gasteiger partial charge in [-0.1, -0.05) is 12.1 Å². The van der Waals surface area contributed by atoms with Gasteiger partial charge in [-0.3, -0.25) is 0 Å². The predicted octanol–water partition coefficient (Wildman–Crippen LogP) is 1.28. The molecule has 0 aliphatic rings. The highest BCUT2D eigenvalue weighted by atomic mass is 35.5. The molecule has 52 valence electrons. The van der Waals surface area contributed by atoms with Crippen LogP contribution >= 0.6 is 11.5 Å². The number of benzene rings is 1. The van der Waals surface area contributed by atoms with Crippen LogP contribution in [0.3, 0.4) is 0 Å². The highest BCUT2D eigenvalue weighted by Crippen LogP contribution is 2.23. The fourth-order valence-electron chi connectivity index (χ4n) is 0.638. The van der Waals surface area contributed by atoms with Crippen molar-refractivity contribution in [1.29, 1.82) is 0 Å². The quantitative estimate of drug-likeness (QED) is 0.654. The maximum atomic E-state index is 9.06. The lowest BCUT2D eigenvalue weighted by Crippen LogP contribution is -1.92. The first-order chi connectivity index (χ1) is 4.84. The average Bonchev–Trinajstić information content (AvgIpc) is 1.94. The monoisotopic (exact) mass is 156 g/mol. The van der Waals surface area contributed by atoms with Crippen LogP contribution in [0.25, 0.3) is 0 Å². The van der Waals surface area contributed by atoms with Crippen molar-refractivity contribution >= 4 is 18.4 Å². The van der Waals surface area contributed by atoms with Crippen molar-refractivity contribution in [3.8, 4) is 11.5 Å². The van der Waals surface area contributed by atoms with Gasteiger partial charge >= 0.3 is 6.90 Å². The van der Waals surface area contributed by atoms with E-state index in [0.717, 1.165) is 0 Å². The molecule has 0 spiro atoms. The van der Waals surface area contributed by atoms with Crippen molar-refractivity contribution in [3.63, 3.8) is 0 Å². The molecular formula is C6H6BClO2. The van der Waals surface area contributed by atoms with Crippen LogP contribution in [-0.4, -0.2) is 12.0 Å². The van der Waals surface area contributed by atoms with E-state index in [1.54, 1.807) is 24.3 Å². The molecule has 0 atom stereocenters. The van der Waals surface area contributed by atoms with Crippen molar-refractivity contribution < 1.29 is 9.76 Å². The number of phenols is 1. The average molecular weight is 156 g/mol. The van der Waals surface area contributed by atoms with E-state index in [4.69, 9.17) is 21.2 Å². The summed E-state index contributed by atoms with van der Waals surface area (Å²) in [5, 5.41) is 9.06. The summed E-state index contributed by atoms with van der Waals surface area (Å²) in [6.45, 7) is 0.0531. The van der Waals surface area contributed by atoms with E-state index in [9.17, 15) is 0 Å². The number of phenolic OH excluding ortho intramolecular Hbond substituents is 1. The van der Waals surface area contributed by atoms with Crippen molar-refractivity contribution in [2.45, 2.75) is 0 Å². The molecule has 1 rings (SSSR count). The highest BCUT2D eigenvalue weighted by molar-refractivity contribution is 6.90. The first-order valence-corrected chi connectivity index (χ1v) is 3.35. The first kappa shape index (κ1) is 7.28. The van der Waals surface area contributed by atoms with Crippen LogP contribution in [0.4, 0.5) is 0 Å². The number of rotatable bonds is 2. The second kappa shape index (κ2) is 3.37. The lowest BCUT2D eigenvalue weighted by atomic mass is 10.3. The molecule has 0 saturated heterocycles. The number of hydrogen-bond donors (Lipinski definition) is 1. The van der Waals surface area contributed by atoms with Gasteiger partial charge < -0.3 is 9.76 Å². The Morgan fingerprint density at radius 2 is 2.10 bits per heavy atom. The summed E-state index contributed by atoms with van der Waals surface area (Å²) in [5.41, 5.74) is 0. The molecule has 0 aliphatic carbocycles. The lowest BCUT2D eigenvalue weighted by Gasteiger charge is -2.02. The van der Waals surface area contributed by atoms with E-state index in [-0.39, 0.29) is 12.6 Å². The Balaban J connectivity index is 2.81. The van der Waals surface area contributed by atoms with Gasteiger partial charge in [-0.2, -0.15) is 0 Å². The molecule has 0 unspecified atom stereocenters. The normalized spacial score (nSPS) is 8.90. The molecule has 1 aromatic carbocycles. The van der Waals surface area contributed by atoms with Crippen LogP contribution in [0.5, 0.6) is 11.5 Å². The van der Waals surface area contributed by atoms with Crippen LogP contribution in [0, 0.1) is 0 Å². The Morgan fingerprint density at radius 3 is 2.70 bits per heavy atom. The maximum Gasteiger partial charge on any atom is 0.445 e. The molecule has 0 bridgehead atoms. The third kappa shape index (κ3) is 1.58. The minimum atomic E-state index is 0.0531. The van der Waals surface area contributed by atoms with Crippen LogP contribution in [0.15, 0.2) is 24.3 Å². The summed E-state index contributed by atoms with van der Waals surface area (Å²) in [4.78, 5) is 0. The minimum absolute atomic E-state index is 0.0531. The van der Waals surface area contributed by atoms with Gasteiger partial charge in [-0.25, -0.2) is 0 Å². The maximum absolute atomic E-state index is 9.06. The van der Waals surface area contributed by atoms with Gasteiger partial charge in [-0.15, -0.1) is 11.5 Å². The first-order valence-electron chi connectivity index (χ1n) is 2.81. The fraction of sp³-hybridized carbons (Fsp3) is 0. The van der Waals surface area contributed by atoms with Crippen molar-refractivity contribution in [1.82, 2.24) is 0 Å². The molecule has 0 fully saturated rings. The number of hydrogen-bond acceptors (Lipinski definition) is 2. The van der Waals surface area contributed by atoms with Crippen LogP contribution in [0.1, 0.15) is 0 Å². The van der Waals surface area contributed by atoms with Crippen molar-refractivity contribution in [3.05, 3.63) is 24.3 Å². The third-order valence-electron chi connectivity index (χ3n) is 1.08. The summed E-state index contributed by atoms with van der Waals surface area (Å²) in [7, 11) is 0. The molecule has 0 radical (unpaired) electrons. The van der Waals surface area contributed by atoms with Gasteiger partial charge in [0.1, 0.15) is 5.75 Å². The Hall–Kier alpha value is -0.825. The molecule has 0 aliphatic heterocycles. The van der Waals surface area contributed by atoms with Gasteiger partial charge in [0, 0.05) is 0 Å². The third-order valence-corrected chi connectivity index (χ3v) is 1.18. The molecule has 1 aromatic rings. The number of halogens is 1. The SMILES string of the molecule is Oc1ccccc1OBCl. The molecule has 0 heterocycles. The van der Waals surface area contributed by atoms with Crippen LogP contribution < -0.4 is 4.65 Å². The number of para-hydroxylation sites is 2. The second-order valence-electron chi connectivity index (χ2n) is 1.72. The fourth-order valence-corrected chi connectivity index (χ4v) is 0.756. The highest BCUT2D eigenvalue weighted by Gasteiger charge is 1.97. The molecule has 0 saturated carbocycles. The van der Waals surface area contributed by atoms with Gasteiger partial charge in [0.15, 0.2) is 5.75 Å². The van der Waals surface area contributed by atoms with E-state index in [2.05, 4.69) is 0 Å².